The van der Waals surface area contributed by atoms with E-state index in [4.69, 9.17) is 4.74 Å². The van der Waals surface area contributed by atoms with E-state index in [1.807, 2.05) is 0 Å². The molecule has 0 radical (unpaired) electrons. The third kappa shape index (κ3) is 5.29. The number of ether oxygens (including phenoxy) is 3. The molecule has 0 atom stereocenters. The highest BCUT2D eigenvalue weighted by atomic mass is 19.3. The van der Waals surface area contributed by atoms with Gasteiger partial charge >= 0.3 is 18.0 Å². The quantitative estimate of drug-likeness (QED) is 0.578. The van der Waals surface area contributed by atoms with Crippen molar-refractivity contribution in [3.8, 4) is 0 Å². The molecule has 0 bridgehead atoms. The van der Waals surface area contributed by atoms with E-state index in [0.717, 1.165) is 32.1 Å². The molecule has 104 valence electrons. The minimum atomic E-state index is -3.60. The largest absolute Gasteiger partial charge is 0.511 e. The normalized spacial score (nSPS) is 17.1. The molecule has 0 aromatic carbocycles. The highest BCUT2D eigenvalue weighted by molar-refractivity contribution is 5.76. The zero-order chi connectivity index (χ0) is 13.6. The fraction of sp³-hybridized carbons (Fsp3) is 0.818. The lowest BCUT2D eigenvalue weighted by atomic mass is 9.98. The molecule has 1 aliphatic rings. The van der Waals surface area contributed by atoms with Crippen molar-refractivity contribution >= 4 is 12.1 Å². The first kappa shape index (κ1) is 14.7. The first-order valence-corrected chi connectivity index (χ1v) is 5.78. The third-order valence-electron chi connectivity index (χ3n) is 2.54. The molecule has 0 N–H and O–H groups in total. The van der Waals surface area contributed by atoms with Gasteiger partial charge in [0.15, 0.2) is 0 Å². The molecule has 0 amide bonds. The summed E-state index contributed by atoms with van der Waals surface area (Å²) < 4.78 is 38.1. The topological polar surface area (TPSA) is 61.8 Å². The number of alkyl halides is 2. The average molecular weight is 266 g/mol. The van der Waals surface area contributed by atoms with Crippen molar-refractivity contribution in [2.24, 2.45) is 0 Å². The van der Waals surface area contributed by atoms with Crippen molar-refractivity contribution in [1.29, 1.82) is 0 Å². The average Bonchev–Trinajstić information content (AvgIpc) is 2.28. The molecule has 0 unspecified atom stereocenters. The van der Waals surface area contributed by atoms with Crippen molar-refractivity contribution in [3.63, 3.8) is 0 Å². The number of carbonyl (C=O) groups is 2. The van der Waals surface area contributed by atoms with Crippen LogP contribution in [0.1, 0.15) is 39.0 Å². The Morgan fingerprint density at radius 3 is 2.33 bits per heavy atom. The minimum absolute atomic E-state index is 0.199. The van der Waals surface area contributed by atoms with Crippen LogP contribution in [0.5, 0.6) is 0 Å². The number of esters is 1. The van der Waals surface area contributed by atoms with E-state index in [0.29, 0.717) is 6.92 Å². The second-order valence-electron chi connectivity index (χ2n) is 4.21. The molecule has 18 heavy (non-hydrogen) atoms. The Morgan fingerprint density at radius 2 is 1.78 bits per heavy atom. The van der Waals surface area contributed by atoms with Crippen LogP contribution >= 0.6 is 0 Å². The van der Waals surface area contributed by atoms with Crippen LogP contribution in [-0.2, 0) is 19.0 Å². The van der Waals surface area contributed by atoms with Crippen LogP contribution in [0.3, 0.4) is 0 Å². The van der Waals surface area contributed by atoms with Gasteiger partial charge in [0, 0.05) is 6.92 Å². The Morgan fingerprint density at radius 1 is 1.17 bits per heavy atom. The molecule has 1 fully saturated rings. The molecular weight excluding hydrogens is 250 g/mol. The number of hydrogen-bond donors (Lipinski definition) is 0. The molecule has 1 rings (SSSR count). The molecule has 0 spiro atoms. The van der Waals surface area contributed by atoms with E-state index in [9.17, 15) is 18.4 Å². The van der Waals surface area contributed by atoms with Gasteiger partial charge in [-0.1, -0.05) is 6.42 Å². The van der Waals surface area contributed by atoms with Crippen LogP contribution in [0.4, 0.5) is 13.6 Å². The van der Waals surface area contributed by atoms with Gasteiger partial charge in [-0.15, -0.1) is 0 Å². The van der Waals surface area contributed by atoms with E-state index in [-0.39, 0.29) is 6.10 Å². The number of carbonyl (C=O) groups excluding carboxylic acids is 2. The molecule has 1 aliphatic carbocycles. The van der Waals surface area contributed by atoms with Gasteiger partial charge in [0.2, 0.25) is 6.79 Å². The fourth-order valence-corrected chi connectivity index (χ4v) is 1.61. The predicted octanol–water partition coefficient (Wildman–Crippen LogP) is 2.63. The first-order chi connectivity index (χ1) is 8.39. The molecule has 1 saturated carbocycles. The smallest absolute Gasteiger partial charge is 0.431 e. The summed E-state index contributed by atoms with van der Waals surface area (Å²) in [4.78, 5) is 21.8. The van der Waals surface area contributed by atoms with Gasteiger partial charge in [0.05, 0.1) is 0 Å². The summed E-state index contributed by atoms with van der Waals surface area (Å²) in [5.74, 6) is -5.34. The number of rotatable bonds is 4. The van der Waals surface area contributed by atoms with Crippen LogP contribution in [0.15, 0.2) is 0 Å². The highest BCUT2D eigenvalue weighted by Gasteiger charge is 2.34. The lowest BCUT2D eigenvalue weighted by Crippen LogP contribution is -2.29. The van der Waals surface area contributed by atoms with Crippen LogP contribution in [0, 0.1) is 0 Å². The number of halogens is 2. The number of hydrogen-bond acceptors (Lipinski definition) is 5. The SMILES string of the molecule is CC(F)(F)C(=O)OCOC(=O)OC1CCCCC1. The minimum Gasteiger partial charge on any atom is -0.431 e. The van der Waals surface area contributed by atoms with E-state index in [2.05, 4.69) is 9.47 Å². The summed E-state index contributed by atoms with van der Waals surface area (Å²) in [6.07, 6.45) is 3.40. The molecule has 0 heterocycles. The van der Waals surface area contributed by atoms with Crippen LogP contribution in [0.25, 0.3) is 0 Å². The molecule has 5 nitrogen and oxygen atoms in total. The summed E-state index contributed by atoms with van der Waals surface area (Å²) in [7, 11) is 0. The second kappa shape index (κ2) is 6.51. The summed E-state index contributed by atoms with van der Waals surface area (Å²) in [5.41, 5.74) is 0. The molecule has 7 heteroatoms. The first-order valence-electron chi connectivity index (χ1n) is 5.78. The van der Waals surface area contributed by atoms with Crippen LogP contribution < -0.4 is 0 Å². The molecule has 0 saturated heterocycles. The predicted molar refractivity (Wildman–Crippen MR) is 56.0 cm³/mol. The van der Waals surface area contributed by atoms with Gasteiger partial charge < -0.3 is 14.2 Å². The standard InChI is InChI=1S/C11H16F2O5/c1-11(12,13)9(14)16-7-17-10(15)18-8-5-3-2-4-6-8/h8H,2-7H2,1H3. The van der Waals surface area contributed by atoms with Crippen molar-refractivity contribution < 1.29 is 32.6 Å². The lowest BCUT2D eigenvalue weighted by Gasteiger charge is -2.21. The fourth-order valence-electron chi connectivity index (χ4n) is 1.61. The Balaban J connectivity index is 2.15. The molecule has 0 aliphatic heterocycles. The van der Waals surface area contributed by atoms with E-state index < -0.39 is 24.8 Å². The summed E-state index contributed by atoms with van der Waals surface area (Å²) in [5, 5.41) is 0. The van der Waals surface area contributed by atoms with E-state index >= 15 is 0 Å². The zero-order valence-corrected chi connectivity index (χ0v) is 10.1. The van der Waals surface area contributed by atoms with E-state index in [1.165, 1.54) is 0 Å². The maximum absolute atomic E-state index is 12.4. The summed E-state index contributed by atoms with van der Waals surface area (Å²) >= 11 is 0. The maximum Gasteiger partial charge on any atom is 0.511 e. The Labute approximate surface area is 103 Å². The Hall–Kier alpha value is -1.40. The second-order valence-corrected chi connectivity index (χ2v) is 4.21. The lowest BCUT2D eigenvalue weighted by molar-refractivity contribution is -0.179. The maximum atomic E-state index is 12.4. The summed E-state index contributed by atoms with van der Waals surface area (Å²) in [6, 6.07) is 0. The highest BCUT2D eigenvalue weighted by Crippen LogP contribution is 2.20. The van der Waals surface area contributed by atoms with Crippen molar-refractivity contribution in [1.82, 2.24) is 0 Å². The van der Waals surface area contributed by atoms with Crippen molar-refractivity contribution in [2.45, 2.75) is 51.1 Å². The monoisotopic (exact) mass is 266 g/mol. The van der Waals surface area contributed by atoms with E-state index in [1.54, 1.807) is 0 Å². The van der Waals surface area contributed by atoms with Gasteiger partial charge in [0.25, 0.3) is 0 Å². The zero-order valence-electron chi connectivity index (χ0n) is 10.1. The van der Waals surface area contributed by atoms with Gasteiger partial charge in [-0.25, -0.2) is 9.59 Å². The molecule has 0 aromatic rings. The summed E-state index contributed by atoms with van der Waals surface area (Å²) in [6.45, 7) is -0.469. The van der Waals surface area contributed by atoms with Crippen LogP contribution in [-0.4, -0.2) is 30.9 Å². The van der Waals surface area contributed by atoms with Gasteiger partial charge in [-0.3, -0.25) is 0 Å². The van der Waals surface area contributed by atoms with Gasteiger partial charge in [-0.2, -0.15) is 8.78 Å². The molecular formula is C11H16F2O5. The third-order valence-corrected chi connectivity index (χ3v) is 2.54. The van der Waals surface area contributed by atoms with Crippen molar-refractivity contribution in [3.05, 3.63) is 0 Å². The van der Waals surface area contributed by atoms with Gasteiger partial charge in [-0.05, 0) is 25.7 Å². The van der Waals surface area contributed by atoms with Crippen LogP contribution in [0.2, 0.25) is 0 Å². The Kier molecular flexibility index (Phi) is 5.30. The molecule has 0 aromatic heterocycles. The van der Waals surface area contributed by atoms with Crippen molar-refractivity contribution in [2.75, 3.05) is 6.79 Å². The van der Waals surface area contributed by atoms with Gasteiger partial charge in [0.1, 0.15) is 6.10 Å². The Bertz CT molecular complexity index is 294.